The lowest BCUT2D eigenvalue weighted by Crippen LogP contribution is -2.34. The molecule has 274 valence electrons. The monoisotopic (exact) mass is 713 g/mol. The number of benzene rings is 2. The summed E-state index contributed by atoms with van der Waals surface area (Å²) in [5, 5.41) is 6.09. The number of pyridine rings is 3. The second-order valence-corrected chi connectivity index (χ2v) is 15.9. The lowest BCUT2D eigenvalue weighted by Gasteiger charge is -2.32. The molecule has 0 aliphatic carbocycles. The van der Waals surface area contributed by atoms with Crippen LogP contribution in [-0.4, -0.2) is 56.0 Å². The second-order valence-electron chi connectivity index (χ2n) is 15.9. The topological polar surface area (TPSA) is 85.5 Å². The van der Waals surface area contributed by atoms with Crippen molar-refractivity contribution >= 4 is 21.8 Å². The van der Waals surface area contributed by atoms with Crippen molar-refractivity contribution in [3.63, 3.8) is 0 Å². The Bertz CT molecular complexity index is 2490. The molecule has 0 saturated carbocycles. The minimum Gasteiger partial charge on any atom is -0.358 e. The maximum Gasteiger partial charge on any atom is 0.0510 e. The number of fused-ring (bicyclic) bond motifs is 3. The van der Waals surface area contributed by atoms with E-state index in [-0.39, 0.29) is 0 Å². The number of H-pyrrole nitrogens is 2. The van der Waals surface area contributed by atoms with Crippen LogP contribution < -0.4 is 5.32 Å². The Morgan fingerprint density at radius 2 is 1.35 bits per heavy atom. The molecule has 0 atom stereocenters. The third-order valence-corrected chi connectivity index (χ3v) is 12.0. The summed E-state index contributed by atoms with van der Waals surface area (Å²) in [5.74, 6) is 0.576. The molecule has 5 aromatic heterocycles. The van der Waals surface area contributed by atoms with Crippen LogP contribution in [0.5, 0.6) is 0 Å². The van der Waals surface area contributed by atoms with Crippen LogP contribution in [0.1, 0.15) is 76.0 Å². The minimum absolute atomic E-state index is 0.576. The van der Waals surface area contributed by atoms with Gasteiger partial charge in [-0.3, -0.25) is 15.0 Å². The quantitative estimate of drug-likeness (QED) is 0.146. The van der Waals surface area contributed by atoms with Crippen LogP contribution in [0.15, 0.2) is 72.9 Å². The van der Waals surface area contributed by atoms with Gasteiger partial charge in [-0.1, -0.05) is 24.3 Å². The SMILES string of the molecule is Cc1cc(-c2ccc3c(C)c(C4CCN(CCCc5cc(-c6ccc7c(C)c(-c8cnc9c(c8)CNCC9)[nH]c7c6)cc(C)n5)CC4)[nH]c3c2)cc(C)n1. The number of nitrogens with zero attached hydrogens (tertiary/aromatic N) is 4. The van der Waals surface area contributed by atoms with E-state index in [0.717, 1.165) is 85.8 Å². The van der Waals surface area contributed by atoms with Gasteiger partial charge in [-0.25, -0.2) is 0 Å². The average molecular weight is 714 g/mol. The minimum atomic E-state index is 0.576. The van der Waals surface area contributed by atoms with Crippen LogP contribution in [0.25, 0.3) is 55.3 Å². The summed E-state index contributed by atoms with van der Waals surface area (Å²) in [6.45, 7) is 16.1. The molecule has 1 saturated heterocycles. The third kappa shape index (κ3) is 6.76. The van der Waals surface area contributed by atoms with Gasteiger partial charge in [-0.15, -0.1) is 0 Å². The van der Waals surface area contributed by atoms with Crippen molar-refractivity contribution in [2.24, 2.45) is 0 Å². The molecule has 7 heterocycles. The highest BCUT2D eigenvalue weighted by atomic mass is 15.1. The number of aromatic nitrogens is 5. The maximum atomic E-state index is 4.97. The molecule has 0 bridgehead atoms. The number of aryl methyl sites for hydroxylation is 6. The number of rotatable bonds is 8. The Morgan fingerprint density at radius 3 is 2.09 bits per heavy atom. The van der Waals surface area contributed by atoms with Crippen molar-refractivity contribution in [2.45, 2.75) is 79.2 Å². The van der Waals surface area contributed by atoms with Crippen molar-refractivity contribution < 1.29 is 0 Å². The zero-order valence-corrected chi connectivity index (χ0v) is 32.4. The lowest BCUT2D eigenvalue weighted by atomic mass is 9.91. The molecule has 0 radical (unpaired) electrons. The summed E-state index contributed by atoms with van der Waals surface area (Å²) in [7, 11) is 0. The molecular weight excluding hydrogens is 663 g/mol. The lowest BCUT2D eigenvalue weighted by molar-refractivity contribution is 0.209. The molecule has 2 aliphatic rings. The van der Waals surface area contributed by atoms with Crippen molar-refractivity contribution in [2.75, 3.05) is 26.2 Å². The molecule has 0 amide bonds. The Labute approximate surface area is 318 Å². The van der Waals surface area contributed by atoms with Crippen molar-refractivity contribution in [3.05, 3.63) is 124 Å². The summed E-state index contributed by atoms with van der Waals surface area (Å²) in [6.07, 6.45) is 7.53. The Kier molecular flexibility index (Phi) is 9.16. The summed E-state index contributed by atoms with van der Waals surface area (Å²) in [5.41, 5.74) is 20.7. The van der Waals surface area contributed by atoms with Gasteiger partial charge in [0.25, 0.3) is 0 Å². The Balaban J connectivity index is 0.837. The van der Waals surface area contributed by atoms with Crippen molar-refractivity contribution in [1.82, 2.24) is 35.1 Å². The van der Waals surface area contributed by atoms with Crippen LogP contribution in [-0.2, 0) is 19.4 Å². The number of hydrogen-bond donors (Lipinski definition) is 3. The van der Waals surface area contributed by atoms with E-state index in [1.54, 1.807) is 0 Å². The van der Waals surface area contributed by atoms with E-state index in [0.29, 0.717) is 5.92 Å². The van der Waals surface area contributed by atoms with E-state index in [9.17, 15) is 0 Å². The number of nitrogens with one attached hydrogen (secondary N) is 3. The summed E-state index contributed by atoms with van der Waals surface area (Å²) >= 11 is 0. The molecule has 7 aromatic rings. The molecular formula is C47H51N7. The Morgan fingerprint density at radius 1 is 0.685 bits per heavy atom. The highest BCUT2D eigenvalue weighted by Gasteiger charge is 2.24. The summed E-state index contributed by atoms with van der Waals surface area (Å²) in [6, 6.07) is 24.9. The molecule has 2 aromatic carbocycles. The fraction of sp³-hybridized carbons (Fsp3) is 0.340. The van der Waals surface area contributed by atoms with E-state index >= 15 is 0 Å². The standard InChI is InChI=1S/C47H51N7/c1-28-19-36(20-29(2)50-28)34-8-10-41-31(4)46(52-44(41)24-34)33-13-17-54(18-14-33)16-6-7-40-23-37(21-30(3)51-40)35-9-11-42-32(5)47(53-45(42)25-35)39-22-38-26-48-15-12-43(38)49-27-39/h8-11,19-25,27,33,48,52-53H,6-7,12-18,26H2,1-5H3. The summed E-state index contributed by atoms with van der Waals surface area (Å²) < 4.78 is 0. The first-order chi connectivity index (χ1) is 26.3. The van der Waals surface area contributed by atoms with E-state index in [2.05, 4.69) is 127 Å². The van der Waals surface area contributed by atoms with Crippen LogP contribution in [0.2, 0.25) is 0 Å². The fourth-order valence-corrected chi connectivity index (χ4v) is 9.20. The van der Waals surface area contributed by atoms with E-state index in [1.807, 2.05) is 6.20 Å². The average Bonchev–Trinajstić information content (AvgIpc) is 3.69. The zero-order chi connectivity index (χ0) is 36.9. The van der Waals surface area contributed by atoms with E-state index in [4.69, 9.17) is 9.97 Å². The number of hydrogen-bond acceptors (Lipinski definition) is 5. The van der Waals surface area contributed by atoms with Crippen LogP contribution in [0.3, 0.4) is 0 Å². The first-order valence-electron chi connectivity index (χ1n) is 19.8. The van der Waals surface area contributed by atoms with Gasteiger partial charge in [0.15, 0.2) is 0 Å². The molecule has 7 heteroatoms. The molecule has 54 heavy (non-hydrogen) atoms. The Hall–Kier alpha value is -5.11. The molecule has 2 aliphatic heterocycles. The third-order valence-electron chi connectivity index (χ3n) is 12.0. The van der Waals surface area contributed by atoms with Crippen LogP contribution >= 0.6 is 0 Å². The smallest absolute Gasteiger partial charge is 0.0510 e. The first kappa shape index (κ1) is 34.6. The van der Waals surface area contributed by atoms with Gasteiger partial charge in [0.05, 0.1) is 5.69 Å². The van der Waals surface area contributed by atoms with E-state index in [1.165, 1.54) is 85.2 Å². The van der Waals surface area contributed by atoms with Gasteiger partial charge < -0.3 is 20.2 Å². The van der Waals surface area contributed by atoms with Crippen LogP contribution in [0.4, 0.5) is 0 Å². The van der Waals surface area contributed by atoms with Gasteiger partial charge in [-0.05, 0) is 161 Å². The van der Waals surface area contributed by atoms with Gasteiger partial charge in [0, 0.05) is 93.2 Å². The molecule has 0 spiro atoms. The largest absolute Gasteiger partial charge is 0.358 e. The predicted octanol–water partition coefficient (Wildman–Crippen LogP) is 9.84. The van der Waals surface area contributed by atoms with Crippen molar-refractivity contribution in [3.8, 4) is 33.5 Å². The zero-order valence-electron chi connectivity index (χ0n) is 32.4. The highest BCUT2D eigenvalue weighted by molar-refractivity contribution is 5.93. The molecule has 0 unspecified atom stereocenters. The molecule has 7 nitrogen and oxygen atoms in total. The van der Waals surface area contributed by atoms with E-state index < -0.39 is 0 Å². The second kappa shape index (κ2) is 14.3. The fourth-order valence-electron chi connectivity index (χ4n) is 9.20. The number of aromatic amines is 2. The van der Waals surface area contributed by atoms with Gasteiger partial charge >= 0.3 is 0 Å². The number of likely N-dealkylation sites (tertiary alicyclic amines) is 1. The first-order valence-corrected chi connectivity index (χ1v) is 19.8. The van der Waals surface area contributed by atoms with Gasteiger partial charge in [0.1, 0.15) is 0 Å². The molecule has 1 fully saturated rings. The molecule has 9 rings (SSSR count). The number of piperidine rings is 1. The normalized spacial score (nSPS) is 15.4. The van der Waals surface area contributed by atoms with Crippen LogP contribution in [0, 0.1) is 34.6 Å². The van der Waals surface area contributed by atoms with Gasteiger partial charge in [0.2, 0.25) is 0 Å². The molecule has 3 N–H and O–H groups in total. The summed E-state index contributed by atoms with van der Waals surface area (Å²) in [4.78, 5) is 24.6. The maximum absolute atomic E-state index is 4.97. The van der Waals surface area contributed by atoms with Gasteiger partial charge in [-0.2, -0.15) is 0 Å². The highest BCUT2D eigenvalue weighted by Crippen LogP contribution is 2.36. The predicted molar refractivity (Wildman–Crippen MR) is 222 cm³/mol. The van der Waals surface area contributed by atoms with Crippen molar-refractivity contribution in [1.29, 1.82) is 0 Å².